The van der Waals surface area contributed by atoms with E-state index in [2.05, 4.69) is 10.6 Å². The van der Waals surface area contributed by atoms with Crippen LogP contribution in [-0.4, -0.2) is 24.4 Å². The molecule has 0 aliphatic rings. The first-order valence-corrected chi connectivity index (χ1v) is 5.30. The number of alkyl halides is 3. The molecule has 0 saturated heterocycles. The monoisotopic (exact) mass is 242 g/mol. The van der Waals surface area contributed by atoms with Gasteiger partial charge in [-0.15, -0.1) is 0 Å². The van der Waals surface area contributed by atoms with E-state index in [0.717, 1.165) is 6.54 Å². The molecule has 0 fully saturated rings. The summed E-state index contributed by atoms with van der Waals surface area (Å²) in [7, 11) is 0. The highest BCUT2D eigenvalue weighted by molar-refractivity contribution is 7.80. The van der Waals surface area contributed by atoms with Crippen LogP contribution in [0.1, 0.15) is 26.7 Å². The molecular weight excluding hydrogens is 225 g/mol. The van der Waals surface area contributed by atoms with Crippen LogP contribution in [0.4, 0.5) is 13.2 Å². The minimum absolute atomic E-state index is 0.0486. The average Bonchev–Trinajstić information content (AvgIpc) is 2.07. The van der Waals surface area contributed by atoms with E-state index in [-0.39, 0.29) is 13.0 Å². The lowest BCUT2D eigenvalue weighted by Gasteiger charge is -2.12. The van der Waals surface area contributed by atoms with Gasteiger partial charge in [0.15, 0.2) is 5.11 Å². The standard InChI is InChI=1S/C9H17F3N2S/c1-7(2)6-14-8(15)13-5-3-4-9(10,11)12/h7H,3-6H2,1-2H3,(H2,13,14,15). The number of hydrogen-bond acceptors (Lipinski definition) is 1. The van der Waals surface area contributed by atoms with Crippen LogP contribution >= 0.6 is 12.2 Å². The first-order chi connectivity index (χ1) is 6.81. The van der Waals surface area contributed by atoms with Gasteiger partial charge in [-0.2, -0.15) is 13.2 Å². The number of rotatable bonds is 5. The van der Waals surface area contributed by atoms with Gasteiger partial charge >= 0.3 is 6.18 Å². The predicted molar refractivity (Wildman–Crippen MR) is 58.7 cm³/mol. The van der Waals surface area contributed by atoms with Crippen LogP contribution < -0.4 is 10.6 Å². The lowest BCUT2D eigenvalue weighted by molar-refractivity contribution is -0.135. The topological polar surface area (TPSA) is 24.1 Å². The SMILES string of the molecule is CC(C)CNC(=S)NCCCC(F)(F)F. The minimum Gasteiger partial charge on any atom is -0.363 e. The van der Waals surface area contributed by atoms with Crippen molar-refractivity contribution in [2.24, 2.45) is 5.92 Å². The Hall–Kier alpha value is -0.520. The fourth-order valence-corrected chi connectivity index (χ4v) is 1.04. The van der Waals surface area contributed by atoms with Gasteiger partial charge in [-0.05, 0) is 24.6 Å². The van der Waals surface area contributed by atoms with Gasteiger partial charge in [0.1, 0.15) is 0 Å². The normalized spacial score (nSPS) is 11.6. The summed E-state index contributed by atoms with van der Waals surface area (Å²) in [5.74, 6) is 0.458. The Morgan fingerprint density at radius 1 is 1.27 bits per heavy atom. The Morgan fingerprint density at radius 3 is 2.33 bits per heavy atom. The van der Waals surface area contributed by atoms with Gasteiger partial charge < -0.3 is 10.6 Å². The summed E-state index contributed by atoms with van der Waals surface area (Å²) in [5, 5.41) is 6.07. The molecule has 0 aromatic rings. The zero-order chi connectivity index (χ0) is 11.9. The molecule has 0 aliphatic heterocycles. The molecule has 0 aromatic heterocycles. The summed E-state index contributed by atoms with van der Waals surface area (Å²) in [4.78, 5) is 0. The molecule has 0 radical (unpaired) electrons. The highest BCUT2D eigenvalue weighted by Crippen LogP contribution is 2.20. The van der Waals surface area contributed by atoms with Crippen molar-refractivity contribution in [3.63, 3.8) is 0 Å². The average molecular weight is 242 g/mol. The Kier molecular flexibility index (Phi) is 6.63. The van der Waals surface area contributed by atoms with Gasteiger partial charge in [0.2, 0.25) is 0 Å². The molecular formula is C9H17F3N2S. The van der Waals surface area contributed by atoms with Crippen molar-refractivity contribution in [3.8, 4) is 0 Å². The summed E-state index contributed by atoms with van der Waals surface area (Å²) in [6, 6.07) is 0. The Morgan fingerprint density at radius 2 is 1.87 bits per heavy atom. The second-order valence-electron chi connectivity index (χ2n) is 3.75. The van der Waals surface area contributed by atoms with E-state index in [1.54, 1.807) is 0 Å². The van der Waals surface area contributed by atoms with Gasteiger partial charge in [0.25, 0.3) is 0 Å². The summed E-state index contributed by atoms with van der Waals surface area (Å²) < 4.78 is 35.3. The van der Waals surface area contributed by atoms with Crippen LogP contribution in [-0.2, 0) is 0 Å². The summed E-state index contributed by atoms with van der Waals surface area (Å²) in [5.41, 5.74) is 0. The van der Waals surface area contributed by atoms with Gasteiger partial charge in [0, 0.05) is 19.5 Å². The molecule has 0 aromatic carbocycles. The molecule has 0 spiro atoms. The molecule has 0 rings (SSSR count). The third-order valence-electron chi connectivity index (χ3n) is 1.59. The van der Waals surface area contributed by atoms with E-state index in [1.807, 2.05) is 13.8 Å². The summed E-state index contributed by atoms with van der Waals surface area (Å²) in [6.07, 6.45) is -4.80. The van der Waals surface area contributed by atoms with Crippen LogP contribution in [0, 0.1) is 5.92 Å². The van der Waals surface area contributed by atoms with Crippen LogP contribution in [0.5, 0.6) is 0 Å². The number of halogens is 3. The Bertz CT molecular complexity index is 192. The van der Waals surface area contributed by atoms with Crippen molar-refractivity contribution in [1.82, 2.24) is 10.6 Å². The van der Waals surface area contributed by atoms with Crippen LogP contribution in [0.25, 0.3) is 0 Å². The fraction of sp³-hybridized carbons (Fsp3) is 0.889. The lowest BCUT2D eigenvalue weighted by Crippen LogP contribution is -2.37. The maximum Gasteiger partial charge on any atom is 0.389 e. The quantitative estimate of drug-likeness (QED) is 0.572. The third kappa shape index (κ3) is 11.4. The Labute approximate surface area is 93.6 Å². The van der Waals surface area contributed by atoms with Gasteiger partial charge in [0.05, 0.1) is 0 Å². The molecule has 0 saturated carbocycles. The van der Waals surface area contributed by atoms with E-state index in [0.29, 0.717) is 11.0 Å². The molecule has 0 unspecified atom stereocenters. The van der Waals surface area contributed by atoms with Crippen LogP contribution in [0.2, 0.25) is 0 Å². The van der Waals surface area contributed by atoms with E-state index in [9.17, 15) is 13.2 Å². The van der Waals surface area contributed by atoms with Crippen molar-refractivity contribution in [2.75, 3.05) is 13.1 Å². The second-order valence-corrected chi connectivity index (χ2v) is 4.16. The maximum absolute atomic E-state index is 11.8. The van der Waals surface area contributed by atoms with E-state index in [4.69, 9.17) is 12.2 Å². The van der Waals surface area contributed by atoms with Crippen molar-refractivity contribution in [3.05, 3.63) is 0 Å². The highest BCUT2D eigenvalue weighted by atomic mass is 32.1. The molecule has 0 amide bonds. The van der Waals surface area contributed by atoms with Crippen molar-refractivity contribution >= 4 is 17.3 Å². The maximum atomic E-state index is 11.8. The van der Waals surface area contributed by atoms with E-state index in [1.165, 1.54) is 0 Å². The molecule has 0 atom stereocenters. The Balaban J connectivity index is 3.40. The number of thiocarbonyl (C=S) groups is 1. The first kappa shape index (κ1) is 14.5. The number of nitrogens with one attached hydrogen (secondary N) is 2. The van der Waals surface area contributed by atoms with Crippen molar-refractivity contribution in [1.29, 1.82) is 0 Å². The highest BCUT2D eigenvalue weighted by Gasteiger charge is 2.25. The van der Waals surface area contributed by atoms with Gasteiger partial charge in [-0.1, -0.05) is 13.8 Å². The largest absolute Gasteiger partial charge is 0.389 e. The van der Waals surface area contributed by atoms with Gasteiger partial charge in [-0.25, -0.2) is 0 Å². The van der Waals surface area contributed by atoms with Gasteiger partial charge in [-0.3, -0.25) is 0 Å². The molecule has 0 aliphatic carbocycles. The van der Waals surface area contributed by atoms with Crippen LogP contribution in [0.15, 0.2) is 0 Å². The smallest absolute Gasteiger partial charge is 0.363 e. The van der Waals surface area contributed by atoms with Crippen molar-refractivity contribution in [2.45, 2.75) is 32.9 Å². The van der Waals surface area contributed by atoms with Crippen LogP contribution in [0.3, 0.4) is 0 Å². The molecule has 2 N–H and O–H groups in total. The molecule has 90 valence electrons. The van der Waals surface area contributed by atoms with E-state index >= 15 is 0 Å². The molecule has 15 heavy (non-hydrogen) atoms. The first-order valence-electron chi connectivity index (χ1n) is 4.89. The summed E-state index contributed by atoms with van der Waals surface area (Å²) >= 11 is 4.88. The molecule has 2 nitrogen and oxygen atoms in total. The fourth-order valence-electron chi connectivity index (χ4n) is 0.850. The lowest BCUT2D eigenvalue weighted by atomic mass is 10.2. The van der Waals surface area contributed by atoms with E-state index < -0.39 is 12.6 Å². The zero-order valence-corrected chi connectivity index (χ0v) is 9.76. The second kappa shape index (κ2) is 6.87. The zero-order valence-electron chi connectivity index (χ0n) is 8.95. The predicted octanol–water partition coefficient (Wildman–Crippen LogP) is 2.45. The summed E-state index contributed by atoms with van der Waals surface area (Å²) in [6.45, 7) is 5.03. The minimum atomic E-state index is -4.07. The molecule has 6 heteroatoms. The number of hydrogen-bond donors (Lipinski definition) is 2. The molecule has 0 heterocycles. The molecule has 0 bridgehead atoms. The van der Waals surface area contributed by atoms with Crippen molar-refractivity contribution < 1.29 is 13.2 Å². The third-order valence-corrected chi connectivity index (χ3v) is 1.88.